The molecule has 1 aromatic carbocycles. The summed E-state index contributed by atoms with van der Waals surface area (Å²) >= 11 is 0. The highest BCUT2D eigenvalue weighted by Gasteiger charge is 2.11. The van der Waals surface area contributed by atoms with Crippen LogP contribution in [0.25, 0.3) is 10.9 Å². The van der Waals surface area contributed by atoms with E-state index in [1.54, 1.807) is 0 Å². The zero-order valence-electron chi connectivity index (χ0n) is 8.81. The number of hydrogen-bond donors (Lipinski definition) is 3. The Morgan fingerprint density at radius 1 is 1.44 bits per heavy atom. The van der Waals surface area contributed by atoms with Gasteiger partial charge in [0.1, 0.15) is 6.10 Å². The number of aromatic nitrogens is 1. The third-order valence-corrected chi connectivity index (χ3v) is 2.60. The molecule has 4 nitrogen and oxygen atoms in total. The monoisotopic (exact) mass is 218 g/mol. The third kappa shape index (κ3) is 2.23. The second kappa shape index (κ2) is 4.37. The molecule has 0 fully saturated rings. The summed E-state index contributed by atoms with van der Waals surface area (Å²) in [5, 5.41) is 10.4. The van der Waals surface area contributed by atoms with E-state index in [0.717, 1.165) is 16.6 Å². The number of H-pyrrole nitrogens is 1. The van der Waals surface area contributed by atoms with Crippen LogP contribution in [-0.4, -0.2) is 22.1 Å². The van der Waals surface area contributed by atoms with Crippen molar-refractivity contribution in [2.45, 2.75) is 18.9 Å². The molecule has 0 aliphatic heterocycles. The lowest BCUT2D eigenvalue weighted by molar-refractivity contribution is -0.126. The van der Waals surface area contributed by atoms with Crippen LogP contribution in [-0.2, 0) is 11.2 Å². The second-order valence-corrected chi connectivity index (χ2v) is 3.84. The van der Waals surface area contributed by atoms with Crippen molar-refractivity contribution in [1.29, 1.82) is 0 Å². The van der Waals surface area contributed by atoms with Crippen LogP contribution in [0, 0.1) is 0 Å². The number of nitrogens with one attached hydrogen (secondary N) is 1. The second-order valence-electron chi connectivity index (χ2n) is 3.84. The van der Waals surface area contributed by atoms with Gasteiger partial charge < -0.3 is 15.8 Å². The fourth-order valence-corrected chi connectivity index (χ4v) is 1.70. The van der Waals surface area contributed by atoms with Crippen molar-refractivity contribution < 1.29 is 9.90 Å². The summed E-state index contributed by atoms with van der Waals surface area (Å²) in [6, 6.07) is 9.95. The van der Waals surface area contributed by atoms with Crippen molar-refractivity contribution in [3.05, 3.63) is 36.0 Å². The maximum absolute atomic E-state index is 10.7. The van der Waals surface area contributed by atoms with Gasteiger partial charge in [0.05, 0.1) is 0 Å². The summed E-state index contributed by atoms with van der Waals surface area (Å²) in [7, 11) is 0. The van der Waals surface area contributed by atoms with Gasteiger partial charge in [-0.3, -0.25) is 4.79 Å². The smallest absolute Gasteiger partial charge is 0.246 e. The van der Waals surface area contributed by atoms with Crippen molar-refractivity contribution in [3.8, 4) is 0 Å². The van der Waals surface area contributed by atoms with Gasteiger partial charge in [0.2, 0.25) is 5.91 Å². The first-order valence-corrected chi connectivity index (χ1v) is 5.21. The molecule has 1 heterocycles. The Morgan fingerprint density at radius 3 is 2.88 bits per heavy atom. The lowest BCUT2D eigenvalue weighted by Gasteiger charge is -2.03. The van der Waals surface area contributed by atoms with Crippen LogP contribution in [0.2, 0.25) is 0 Å². The summed E-state index contributed by atoms with van der Waals surface area (Å²) in [5.41, 5.74) is 7.04. The lowest BCUT2D eigenvalue weighted by atomic mass is 10.1. The quantitative estimate of drug-likeness (QED) is 0.714. The van der Waals surface area contributed by atoms with Crippen LogP contribution in [0.1, 0.15) is 12.1 Å². The van der Waals surface area contributed by atoms with E-state index in [9.17, 15) is 9.90 Å². The van der Waals surface area contributed by atoms with Crippen LogP contribution in [0.15, 0.2) is 30.3 Å². The highest BCUT2D eigenvalue weighted by Crippen LogP contribution is 2.15. The van der Waals surface area contributed by atoms with E-state index in [1.807, 2.05) is 30.3 Å². The number of benzene rings is 1. The van der Waals surface area contributed by atoms with Gasteiger partial charge in [-0.25, -0.2) is 0 Å². The summed E-state index contributed by atoms with van der Waals surface area (Å²) in [6.45, 7) is 0. The molecule has 0 saturated heterocycles. The Morgan fingerprint density at radius 2 is 2.19 bits per heavy atom. The first-order chi connectivity index (χ1) is 7.66. The molecule has 0 spiro atoms. The average molecular weight is 218 g/mol. The minimum absolute atomic E-state index is 0.349. The average Bonchev–Trinajstić information content (AvgIpc) is 2.68. The van der Waals surface area contributed by atoms with E-state index in [2.05, 4.69) is 4.98 Å². The Labute approximate surface area is 93.1 Å². The molecule has 0 aliphatic rings. The van der Waals surface area contributed by atoms with Crippen molar-refractivity contribution >= 4 is 16.8 Å². The fraction of sp³-hybridized carbons (Fsp3) is 0.250. The Balaban J connectivity index is 2.07. The third-order valence-electron chi connectivity index (χ3n) is 2.60. The molecule has 84 valence electrons. The number of primary amides is 1. The number of aliphatic hydroxyl groups is 1. The minimum atomic E-state index is -1.06. The summed E-state index contributed by atoms with van der Waals surface area (Å²) in [6.07, 6.45) is -0.104. The number of hydrogen-bond acceptors (Lipinski definition) is 2. The van der Waals surface area contributed by atoms with Crippen LogP contribution in [0.5, 0.6) is 0 Å². The van der Waals surface area contributed by atoms with Gasteiger partial charge in [-0.15, -0.1) is 0 Å². The number of amides is 1. The first kappa shape index (κ1) is 10.7. The number of aromatic amines is 1. The maximum Gasteiger partial charge on any atom is 0.246 e. The van der Waals surface area contributed by atoms with Gasteiger partial charge in [0, 0.05) is 11.2 Å². The number of carbonyl (C=O) groups excluding carboxylic acids is 1. The maximum atomic E-state index is 10.7. The van der Waals surface area contributed by atoms with Gasteiger partial charge in [0.25, 0.3) is 0 Å². The molecule has 0 radical (unpaired) electrons. The molecular weight excluding hydrogens is 204 g/mol. The van der Waals surface area contributed by atoms with Crippen LogP contribution in [0.4, 0.5) is 0 Å². The van der Waals surface area contributed by atoms with Gasteiger partial charge in [-0.1, -0.05) is 18.2 Å². The highest BCUT2D eigenvalue weighted by atomic mass is 16.3. The molecule has 0 aliphatic carbocycles. The normalized spacial score (nSPS) is 12.8. The Bertz CT molecular complexity index is 471. The predicted molar refractivity (Wildman–Crippen MR) is 61.8 cm³/mol. The molecule has 4 heteroatoms. The van der Waals surface area contributed by atoms with Crippen LogP contribution < -0.4 is 5.73 Å². The minimum Gasteiger partial charge on any atom is -0.383 e. The van der Waals surface area contributed by atoms with Crippen LogP contribution >= 0.6 is 0 Å². The number of fused-ring (bicyclic) bond motifs is 1. The molecule has 2 rings (SSSR count). The number of rotatable bonds is 4. The van der Waals surface area contributed by atoms with Crippen LogP contribution in [0.3, 0.4) is 0 Å². The highest BCUT2D eigenvalue weighted by molar-refractivity contribution is 5.80. The van der Waals surface area contributed by atoms with E-state index >= 15 is 0 Å². The van der Waals surface area contributed by atoms with Crippen molar-refractivity contribution in [3.63, 3.8) is 0 Å². The van der Waals surface area contributed by atoms with Crippen molar-refractivity contribution in [2.24, 2.45) is 5.73 Å². The van der Waals surface area contributed by atoms with Crippen molar-refractivity contribution in [1.82, 2.24) is 4.98 Å². The zero-order chi connectivity index (χ0) is 11.5. The Kier molecular flexibility index (Phi) is 2.92. The number of para-hydroxylation sites is 1. The van der Waals surface area contributed by atoms with Gasteiger partial charge in [0.15, 0.2) is 0 Å². The number of carbonyl (C=O) groups is 1. The van der Waals surface area contributed by atoms with E-state index in [0.29, 0.717) is 12.8 Å². The number of aliphatic hydroxyl groups excluding tert-OH is 1. The fourth-order valence-electron chi connectivity index (χ4n) is 1.70. The van der Waals surface area contributed by atoms with E-state index in [1.165, 1.54) is 0 Å². The van der Waals surface area contributed by atoms with Gasteiger partial charge in [-0.05, 0) is 30.4 Å². The number of aryl methyl sites for hydroxylation is 1. The molecular formula is C12H14N2O2. The molecule has 4 N–H and O–H groups in total. The SMILES string of the molecule is NC(=O)C(O)CCc1cc2ccccc2[nH]1. The first-order valence-electron chi connectivity index (χ1n) is 5.21. The Hall–Kier alpha value is -1.81. The summed E-state index contributed by atoms with van der Waals surface area (Å²) < 4.78 is 0. The largest absolute Gasteiger partial charge is 0.383 e. The predicted octanol–water partition coefficient (Wildman–Crippen LogP) is 0.947. The zero-order valence-corrected chi connectivity index (χ0v) is 8.81. The number of nitrogens with two attached hydrogens (primary N) is 1. The molecule has 0 bridgehead atoms. The summed E-state index contributed by atoms with van der Waals surface area (Å²) in [5.74, 6) is -0.670. The molecule has 1 amide bonds. The van der Waals surface area contributed by atoms with Crippen molar-refractivity contribution in [2.75, 3.05) is 0 Å². The standard InChI is InChI=1S/C12H14N2O2/c13-12(16)11(15)6-5-9-7-8-3-1-2-4-10(8)14-9/h1-4,7,11,14-15H,5-6H2,(H2,13,16). The van der Waals surface area contributed by atoms with E-state index in [-0.39, 0.29) is 0 Å². The molecule has 2 aromatic rings. The molecule has 1 aromatic heterocycles. The molecule has 0 saturated carbocycles. The molecule has 1 atom stereocenters. The van der Waals surface area contributed by atoms with Gasteiger partial charge >= 0.3 is 0 Å². The van der Waals surface area contributed by atoms with E-state index in [4.69, 9.17) is 5.73 Å². The topological polar surface area (TPSA) is 79.1 Å². The van der Waals surface area contributed by atoms with Gasteiger partial charge in [-0.2, -0.15) is 0 Å². The molecule has 16 heavy (non-hydrogen) atoms. The molecule has 1 unspecified atom stereocenters. The lowest BCUT2D eigenvalue weighted by Crippen LogP contribution is -2.28. The van der Waals surface area contributed by atoms with E-state index < -0.39 is 12.0 Å². The summed E-state index contributed by atoms with van der Waals surface area (Å²) in [4.78, 5) is 13.9.